The largest absolute Gasteiger partial charge is 0.465 e. The number of anilines is 1. The third-order valence-corrected chi connectivity index (χ3v) is 3.51. The third-order valence-electron chi connectivity index (χ3n) is 3.20. The van der Waals surface area contributed by atoms with E-state index in [1.165, 1.54) is 18.1 Å². The molecule has 1 aliphatic heterocycles. The predicted octanol–water partition coefficient (Wildman–Crippen LogP) is 0.965. The molecule has 7 heteroatoms. The fourth-order valence-electron chi connectivity index (χ4n) is 2.17. The first kappa shape index (κ1) is 14.3. The maximum atomic E-state index is 12.0. The first-order valence-corrected chi connectivity index (χ1v) is 6.30. The zero-order chi connectivity index (χ0) is 14.9. The SMILES string of the molecule is COC(=O)c1c(Cl)cccc1N1CC(C(N)=O)CC1=O. The zero-order valence-electron chi connectivity index (χ0n) is 10.8. The van der Waals surface area contributed by atoms with E-state index >= 15 is 0 Å². The summed E-state index contributed by atoms with van der Waals surface area (Å²) < 4.78 is 4.67. The summed E-state index contributed by atoms with van der Waals surface area (Å²) in [5.74, 6) is -2.02. The van der Waals surface area contributed by atoms with Gasteiger partial charge in [-0.25, -0.2) is 4.79 Å². The van der Waals surface area contributed by atoms with Crippen LogP contribution in [0.3, 0.4) is 0 Å². The summed E-state index contributed by atoms with van der Waals surface area (Å²) in [6.45, 7) is 0.137. The van der Waals surface area contributed by atoms with Crippen molar-refractivity contribution in [2.75, 3.05) is 18.6 Å². The monoisotopic (exact) mass is 296 g/mol. The Kier molecular flexibility index (Phi) is 3.94. The Morgan fingerprint density at radius 2 is 2.15 bits per heavy atom. The van der Waals surface area contributed by atoms with E-state index in [2.05, 4.69) is 4.74 Å². The number of rotatable bonds is 3. The van der Waals surface area contributed by atoms with Crippen LogP contribution in [0.1, 0.15) is 16.8 Å². The van der Waals surface area contributed by atoms with E-state index in [-0.39, 0.29) is 29.5 Å². The Labute approximate surface area is 120 Å². The van der Waals surface area contributed by atoms with Crippen molar-refractivity contribution in [3.05, 3.63) is 28.8 Å². The number of nitrogens with two attached hydrogens (primary N) is 1. The molecule has 0 saturated carbocycles. The Balaban J connectivity index is 2.43. The molecule has 0 spiro atoms. The maximum Gasteiger partial charge on any atom is 0.341 e. The second kappa shape index (κ2) is 5.50. The number of amides is 2. The molecule has 20 heavy (non-hydrogen) atoms. The first-order valence-electron chi connectivity index (χ1n) is 5.92. The molecule has 1 atom stereocenters. The maximum absolute atomic E-state index is 12.0. The lowest BCUT2D eigenvalue weighted by atomic mass is 10.1. The van der Waals surface area contributed by atoms with Gasteiger partial charge in [0.1, 0.15) is 5.56 Å². The topological polar surface area (TPSA) is 89.7 Å². The van der Waals surface area contributed by atoms with E-state index in [1.807, 2.05) is 0 Å². The van der Waals surface area contributed by atoms with Gasteiger partial charge < -0.3 is 15.4 Å². The van der Waals surface area contributed by atoms with Crippen molar-refractivity contribution in [1.29, 1.82) is 0 Å². The molecule has 1 fully saturated rings. The van der Waals surface area contributed by atoms with Crippen molar-refractivity contribution in [2.24, 2.45) is 11.7 Å². The van der Waals surface area contributed by atoms with Crippen molar-refractivity contribution < 1.29 is 19.1 Å². The normalized spacial score (nSPS) is 18.2. The second-order valence-corrected chi connectivity index (χ2v) is 4.84. The second-order valence-electron chi connectivity index (χ2n) is 4.43. The Morgan fingerprint density at radius 3 is 2.70 bits per heavy atom. The summed E-state index contributed by atoms with van der Waals surface area (Å²) in [7, 11) is 1.23. The van der Waals surface area contributed by atoms with Gasteiger partial charge in [-0.1, -0.05) is 17.7 Å². The van der Waals surface area contributed by atoms with Crippen molar-refractivity contribution in [1.82, 2.24) is 0 Å². The van der Waals surface area contributed by atoms with E-state index in [4.69, 9.17) is 17.3 Å². The number of ether oxygens (including phenoxy) is 1. The molecular formula is C13H13ClN2O4. The lowest BCUT2D eigenvalue weighted by molar-refractivity contribution is -0.123. The first-order chi connectivity index (χ1) is 9.45. The fraction of sp³-hybridized carbons (Fsp3) is 0.308. The van der Waals surface area contributed by atoms with Crippen LogP contribution in [0.5, 0.6) is 0 Å². The van der Waals surface area contributed by atoms with Gasteiger partial charge in [0.05, 0.1) is 23.7 Å². The lowest BCUT2D eigenvalue weighted by Gasteiger charge is -2.19. The number of carbonyl (C=O) groups is 3. The number of methoxy groups -OCH3 is 1. The van der Waals surface area contributed by atoms with E-state index in [0.717, 1.165) is 0 Å². The molecule has 1 aliphatic rings. The molecule has 2 N–H and O–H groups in total. The summed E-state index contributed by atoms with van der Waals surface area (Å²) in [6.07, 6.45) is 0.0302. The van der Waals surface area contributed by atoms with E-state index in [0.29, 0.717) is 5.69 Å². The molecule has 0 bridgehead atoms. The van der Waals surface area contributed by atoms with Gasteiger partial charge in [0.15, 0.2) is 0 Å². The number of halogens is 1. The number of hydrogen-bond donors (Lipinski definition) is 1. The Bertz CT molecular complexity index is 588. The summed E-state index contributed by atoms with van der Waals surface area (Å²) in [5.41, 5.74) is 5.66. The van der Waals surface area contributed by atoms with Crippen LogP contribution >= 0.6 is 11.6 Å². The number of nitrogens with zero attached hydrogens (tertiary/aromatic N) is 1. The molecule has 0 aliphatic carbocycles. The van der Waals surface area contributed by atoms with Crippen LogP contribution in [0.4, 0.5) is 5.69 Å². The minimum absolute atomic E-state index is 0.0302. The molecule has 1 aromatic carbocycles. The quantitative estimate of drug-likeness (QED) is 0.841. The molecule has 2 rings (SSSR count). The molecule has 1 unspecified atom stereocenters. The fourth-order valence-corrected chi connectivity index (χ4v) is 2.42. The van der Waals surface area contributed by atoms with Gasteiger partial charge >= 0.3 is 5.97 Å². The van der Waals surface area contributed by atoms with Gasteiger partial charge in [0.2, 0.25) is 11.8 Å². The lowest BCUT2D eigenvalue weighted by Crippen LogP contribution is -2.29. The number of benzene rings is 1. The summed E-state index contributed by atoms with van der Waals surface area (Å²) >= 11 is 6.00. The summed E-state index contributed by atoms with van der Waals surface area (Å²) in [4.78, 5) is 36.3. The highest BCUT2D eigenvalue weighted by Crippen LogP contribution is 2.32. The molecule has 1 aromatic rings. The van der Waals surface area contributed by atoms with Crippen LogP contribution in [-0.4, -0.2) is 31.4 Å². The van der Waals surface area contributed by atoms with Gasteiger partial charge in [-0.15, -0.1) is 0 Å². The van der Waals surface area contributed by atoms with Crippen LogP contribution in [0.15, 0.2) is 18.2 Å². The highest BCUT2D eigenvalue weighted by Gasteiger charge is 2.36. The van der Waals surface area contributed by atoms with E-state index < -0.39 is 17.8 Å². The molecule has 0 aromatic heterocycles. The van der Waals surface area contributed by atoms with Crippen molar-refractivity contribution in [2.45, 2.75) is 6.42 Å². The van der Waals surface area contributed by atoms with Gasteiger partial charge in [-0.3, -0.25) is 9.59 Å². The van der Waals surface area contributed by atoms with Crippen LogP contribution < -0.4 is 10.6 Å². The van der Waals surface area contributed by atoms with Crippen molar-refractivity contribution >= 4 is 35.1 Å². The third kappa shape index (κ3) is 2.46. The van der Waals surface area contributed by atoms with Gasteiger partial charge in [-0.05, 0) is 12.1 Å². The van der Waals surface area contributed by atoms with Gasteiger partial charge in [-0.2, -0.15) is 0 Å². The average molecular weight is 297 g/mol. The molecule has 106 valence electrons. The minimum Gasteiger partial charge on any atom is -0.465 e. The number of hydrogen-bond acceptors (Lipinski definition) is 4. The number of carbonyl (C=O) groups excluding carboxylic acids is 3. The molecular weight excluding hydrogens is 284 g/mol. The number of esters is 1. The molecule has 1 heterocycles. The summed E-state index contributed by atoms with van der Waals surface area (Å²) in [5, 5.41) is 0.185. The van der Waals surface area contributed by atoms with Crippen molar-refractivity contribution in [3.8, 4) is 0 Å². The molecule has 1 saturated heterocycles. The summed E-state index contributed by atoms with van der Waals surface area (Å²) in [6, 6.07) is 4.73. The van der Waals surface area contributed by atoms with Crippen LogP contribution in [0.2, 0.25) is 5.02 Å². The smallest absolute Gasteiger partial charge is 0.341 e. The standard InChI is InChI=1S/C13H13ClN2O4/c1-20-13(19)11-8(14)3-2-4-9(11)16-6-7(12(15)18)5-10(16)17/h2-4,7H,5-6H2,1H3,(H2,15,18). The van der Waals surface area contributed by atoms with E-state index in [9.17, 15) is 14.4 Å². The van der Waals surface area contributed by atoms with Crippen molar-refractivity contribution in [3.63, 3.8) is 0 Å². The highest BCUT2D eigenvalue weighted by atomic mass is 35.5. The van der Waals surface area contributed by atoms with E-state index in [1.54, 1.807) is 12.1 Å². The average Bonchev–Trinajstić information content (AvgIpc) is 2.80. The zero-order valence-corrected chi connectivity index (χ0v) is 11.5. The van der Waals surface area contributed by atoms with Crippen LogP contribution in [0.25, 0.3) is 0 Å². The highest BCUT2D eigenvalue weighted by molar-refractivity contribution is 6.34. The Hall–Kier alpha value is -2.08. The number of primary amides is 1. The van der Waals surface area contributed by atoms with Gasteiger partial charge in [0, 0.05) is 13.0 Å². The molecule has 2 amide bonds. The van der Waals surface area contributed by atoms with Crippen LogP contribution in [-0.2, 0) is 14.3 Å². The van der Waals surface area contributed by atoms with Crippen LogP contribution in [0, 0.1) is 5.92 Å². The predicted molar refractivity (Wildman–Crippen MR) is 72.4 cm³/mol. The molecule has 0 radical (unpaired) electrons. The minimum atomic E-state index is -0.638. The Morgan fingerprint density at radius 1 is 1.45 bits per heavy atom. The molecule has 6 nitrogen and oxygen atoms in total. The van der Waals surface area contributed by atoms with Gasteiger partial charge in [0.25, 0.3) is 0 Å².